The summed E-state index contributed by atoms with van der Waals surface area (Å²) in [6.45, 7) is 1.82. The number of aromatic carboxylic acids is 1. The Hall–Kier alpha value is -2.54. The summed E-state index contributed by atoms with van der Waals surface area (Å²) in [5.74, 6) is 0.244. The Morgan fingerprint density at radius 2 is 2.22 bits per heavy atom. The second-order valence-corrected chi connectivity index (χ2v) is 5.42. The van der Waals surface area contributed by atoms with Gasteiger partial charge in [0.2, 0.25) is 0 Å². The lowest BCUT2D eigenvalue weighted by Crippen LogP contribution is -2.37. The second kappa shape index (κ2) is 6.70. The number of nitrogens with one attached hydrogen (secondary N) is 2. The SMILES string of the molecule is COc1ccc(-c2cc(C(=O)O)[nH]n2)cc1OC1CCCNC1. The summed E-state index contributed by atoms with van der Waals surface area (Å²) in [7, 11) is 1.60. The van der Waals surface area contributed by atoms with Crippen LogP contribution in [0, 0.1) is 0 Å². The number of benzene rings is 1. The van der Waals surface area contributed by atoms with Crippen LogP contribution in [-0.4, -0.2) is 47.6 Å². The average molecular weight is 317 g/mol. The fourth-order valence-electron chi connectivity index (χ4n) is 2.61. The van der Waals surface area contributed by atoms with Gasteiger partial charge < -0.3 is 19.9 Å². The lowest BCUT2D eigenvalue weighted by atomic mass is 10.1. The third kappa shape index (κ3) is 3.45. The third-order valence-corrected chi connectivity index (χ3v) is 3.81. The zero-order valence-electron chi connectivity index (χ0n) is 12.8. The van der Waals surface area contributed by atoms with Crippen LogP contribution >= 0.6 is 0 Å². The van der Waals surface area contributed by atoms with Gasteiger partial charge in [-0.05, 0) is 43.7 Å². The summed E-state index contributed by atoms with van der Waals surface area (Å²) in [6.07, 6.45) is 2.17. The van der Waals surface area contributed by atoms with Crippen LogP contribution in [-0.2, 0) is 0 Å². The first-order chi connectivity index (χ1) is 11.2. The van der Waals surface area contributed by atoms with Crippen molar-refractivity contribution in [3.8, 4) is 22.8 Å². The molecule has 2 aromatic rings. The molecule has 1 aromatic heterocycles. The number of hydrogen-bond acceptors (Lipinski definition) is 5. The highest BCUT2D eigenvalue weighted by atomic mass is 16.5. The van der Waals surface area contributed by atoms with Gasteiger partial charge in [-0.25, -0.2) is 4.79 Å². The number of carboxylic acids is 1. The van der Waals surface area contributed by atoms with Crippen molar-refractivity contribution in [3.05, 3.63) is 30.0 Å². The number of aromatic nitrogens is 2. The number of rotatable bonds is 5. The van der Waals surface area contributed by atoms with E-state index in [1.807, 2.05) is 12.1 Å². The highest BCUT2D eigenvalue weighted by Crippen LogP contribution is 2.33. The van der Waals surface area contributed by atoms with Gasteiger partial charge in [0.1, 0.15) is 11.8 Å². The van der Waals surface area contributed by atoms with E-state index in [9.17, 15) is 4.79 Å². The summed E-state index contributed by atoms with van der Waals surface area (Å²) in [6, 6.07) is 6.95. The number of methoxy groups -OCH3 is 1. The van der Waals surface area contributed by atoms with E-state index in [2.05, 4.69) is 15.5 Å². The first-order valence-electron chi connectivity index (χ1n) is 7.52. The minimum Gasteiger partial charge on any atom is -0.493 e. The van der Waals surface area contributed by atoms with Crippen LogP contribution in [0.3, 0.4) is 0 Å². The molecule has 0 radical (unpaired) electrons. The number of piperidine rings is 1. The largest absolute Gasteiger partial charge is 0.493 e. The summed E-state index contributed by atoms with van der Waals surface area (Å²) in [4.78, 5) is 11.0. The maximum Gasteiger partial charge on any atom is 0.353 e. The van der Waals surface area contributed by atoms with Crippen LogP contribution in [0.25, 0.3) is 11.3 Å². The fourth-order valence-corrected chi connectivity index (χ4v) is 2.61. The van der Waals surface area contributed by atoms with Gasteiger partial charge in [0.15, 0.2) is 11.5 Å². The van der Waals surface area contributed by atoms with Gasteiger partial charge in [0.25, 0.3) is 0 Å². The monoisotopic (exact) mass is 317 g/mol. The van der Waals surface area contributed by atoms with Crippen LogP contribution in [0.5, 0.6) is 11.5 Å². The molecule has 1 atom stereocenters. The van der Waals surface area contributed by atoms with Crippen molar-refractivity contribution >= 4 is 5.97 Å². The lowest BCUT2D eigenvalue weighted by Gasteiger charge is -2.25. The third-order valence-electron chi connectivity index (χ3n) is 3.81. The summed E-state index contributed by atoms with van der Waals surface area (Å²) in [5, 5.41) is 18.8. The topological polar surface area (TPSA) is 96.5 Å². The molecule has 1 aromatic carbocycles. The minimum absolute atomic E-state index is 0.0507. The summed E-state index contributed by atoms with van der Waals surface area (Å²) < 4.78 is 11.4. The Bertz CT molecular complexity index is 692. The standard InChI is InChI=1S/C16H19N3O4/c1-22-14-5-4-10(12-8-13(16(20)21)19-18-12)7-15(14)23-11-3-2-6-17-9-11/h4-5,7-8,11,17H,2-3,6,9H2,1H3,(H,18,19)(H,20,21). The molecule has 7 heteroatoms. The number of H-pyrrole nitrogens is 1. The smallest absolute Gasteiger partial charge is 0.353 e. The predicted molar refractivity (Wildman–Crippen MR) is 84.1 cm³/mol. The zero-order valence-corrected chi connectivity index (χ0v) is 12.8. The lowest BCUT2D eigenvalue weighted by molar-refractivity contribution is 0.0690. The highest BCUT2D eigenvalue weighted by Gasteiger charge is 2.18. The Kier molecular flexibility index (Phi) is 4.47. The van der Waals surface area contributed by atoms with E-state index in [1.54, 1.807) is 13.2 Å². The van der Waals surface area contributed by atoms with E-state index in [1.165, 1.54) is 6.07 Å². The maximum atomic E-state index is 11.0. The molecule has 23 heavy (non-hydrogen) atoms. The van der Waals surface area contributed by atoms with Crippen LogP contribution in [0.1, 0.15) is 23.3 Å². The molecule has 1 fully saturated rings. The van der Waals surface area contributed by atoms with E-state index in [0.717, 1.165) is 31.5 Å². The van der Waals surface area contributed by atoms with Gasteiger partial charge in [0.05, 0.1) is 12.8 Å². The van der Waals surface area contributed by atoms with Gasteiger partial charge in [0, 0.05) is 12.1 Å². The first kappa shape index (κ1) is 15.4. The molecule has 3 rings (SSSR count). The summed E-state index contributed by atoms with van der Waals surface area (Å²) >= 11 is 0. The van der Waals surface area contributed by atoms with Crippen molar-refractivity contribution in [2.45, 2.75) is 18.9 Å². The molecule has 122 valence electrons. The highest BCUT2D eigenvalue weighted by molar-refractivity contribution is 5.86. The number of carbonyl (C=O) groups is 1. The Morgan fingerprint density at radius 1 is 1.35 bits per heavy atom. The summed E-state index contributed by atoms with van der Waals surface area (Å²) in [5.41, 5.74) is 1.37. The number of nitrogens with zero attached hydrogens (tertiary/aromatic N) is 1. The molecule has 1 saturated heterocycles. The molecule has 2 heterocycles. The molecule has 0 bridgehead atoms. The zero-order chi connectivity index (χ0) is 16.2. The van der Waals surface area contributed by atoms with Crippen molar-refractivity contribution in [1.29, 1.82) is 0 Å². The van der Waals surface area contributed by atoms with Crippen LogP contribution in [0.4, 0.5) is 0 Å². The van der Waals surface area contributed by atoms with Crippen molar-refractivity contribution in [2.75, 3.05) is 20.2 Å². The molecule has 7 nitrogen and oxygen atoms in total. The van der Waals surface area contributed by atoms with E-state index in [0.29, 0.717) is 17.2 Å². The molecular formula is C16H19N3O4. The van der Waals surface area contributed by atoms with Crippen molar-refractivity contribution < 1.29 is 19.4 Å². The maximum absolute atomic E-state index is 11.0. The van der Waals surface area contributed by atoms with Gasteiger partial charge in [-0.15, -0.1) is 0 Å². The van der Waals surface area contributed by atoms with E-state index >= 15 is 0 Å². The van der Waals surface area contributed by atoms with Crippen molar-refractivity contribution in [3.63, 3.8) is 0 Å². The molecule has 0 spiro atoms. The Balaban J connectivity index is 1.86. The average Bonchev–Trinajstić information content (AvgIpc) is 3.06. The Labute approximate surface area is 133 Å². The van der Waals surface area contributed by atoms with Gasteiger partial charge >= 0.3 is 5.97 Å². The molecule has 3 N–H and O–H groups in total. The second-order valence-electron chi connectivity index (χ2n) is 5.42. The molecule has 0 saturated carbocycles. The number of carboxylic acid groups (broad SMARTS) is 1. The molecule has 1 aliphatic rings. The molecule has 0 aliphatic carbocycles. The number of aromatic amines is 1. The van der Waals surface area contributed by atoms with Gasteiger partial charge in [-0.3, -0.25) is 5.10 Å². The number of hydrogen-bond donors (Lipinski definition) is 3. The normalized spacial score (nSPS) is 17.7. The van der Waals surface area contributed by atoms with Gasteiger partial charge in [-0.1, -0.05) is 0 Å². The van der Waals surface area contributed by atoms with E-state index < -0.39 is 5.97 Å². The van der Waals surface area contributed by atoms with E-state index in [-0.39, 0.29) is 11.8 Å². The molecule has 1 unspecified atom stereocenters. The Morgan fingerprint density at radius 3 is 2.87 bits per heavy atom. The molecule has 0 amide bonds. The van der Waals surface area contributed by atoms with E-state index in [4.69, 9.17) is 14.6 Å². The van der Waals surface area contributed by atoms with Crippen LogP contribution < -0.4 is 14.8 Å². The minimum atomic E-state index is -1.04. The predicted octanol–water partition coefficient (Wildman–Crippen LogP) is 1.91. The molecule has 1 aliphatic heterocycles. The van der Waals surface area contributed by atoms with Gasteiger partial charge in [-0.2, -0.15) is 5.10 Å². The van der Waals surface area contributed by atoms with Crippen LogP contribution in [0.2, 0.25) is 0 Å². The van der Waals surface area contributed by atoms with Crippen molar-refractivity contribution in [2.24, 2.45) is 0 Å². The fraction of sp³-hybridized carbons (Fsp3) is 0.375. The molecular weight excluding hydrogens is 298 g/mol. The van der Waals surface area contributed by atoms with Crippen molar-refractivity contribution in [1.82, 2.24) is 15.5 Å². The van der Waals surface area contributed by atoms with Crippen LogP contribution in [0.15, 0.2) is 24.3 Å². The number of ether oxygens (including phenoxy) is 2. The first-order valence-corrected chi connectivity index (χ1v) is 7.52. The quantitative estimate of drug-likeness (QED) is 0.779.